The predicted molar refractivity (Wildman–Crippen MR) is 88.3 cm³/mol. The van der Waals surface area contributed by atoms with Gasteiger partial charge in [-0.25, -0.2) is 0 Å². The second-order valence-corrected chi connectivity index (χ2v) is 6.51. The summed E-state index contributed by atoms with van der Waals surface area (Å²) >= 11 is 0. The zero-order chi connectivity index (χ0) is 16.8. The second-order valence-electron chi connectivity index (χ2n) is 6.51. The smallest absolute Gasteiger partial charge is 0.251 e. The lowest BCUT2D eigenvalue weighted by Crippen LogP contribution is -2.46. The Morgan fingerprint density at radius 2 is 2.04 bits per heavy atom. The molecule has 1 aromatic heterocycles. The van der Waals surface area contributed by atoms with Crippen LogP contribution < -0.4 is 16.0 Å². The minimum absolute atomic E-state index is 0.0171. The molecule has 2 aromatic rings. The lowest BCUT2D eigenvalue weighted by molar-refractivity contribution is 0.0123. The first-order valence-electron chi connectivity index (χ1n) is 7.54. The standard InChI is InChI=1S/C18H19N3O2/c1-11-17(21-10-13(20)5-7-16(21)22)14-8-12(9-19)4-6-15(14)23-18(11,2)3/h4-8,10-11,17H,20H2,1-3H3. The minimum Gasteiger partial charge on any atom is -0.487 e. The monoisotopic (exact) mass is 309 g/mol. The molecule has 0 saturated carbocycles. The second kappa shape index (κ2) is 5.17. The summed E-state index contributed by atoms with van der Waals surface area (Å²) in [6, 6.07) is 10.3. The van der Waals surface area contributed by atoms with E-state index in [9.17, 15) is 10.1 Å². The van der Waals surface area contributed by atoms with E-state index in [1.165, 1.54) is 6.07 Å². The summed E-state index contributed by atoms with van der Waals surface area (Å²) in [6.45, 7) is 6.05. The molecule has 0 aliphatic carbocycles. The summed E-state index contributed by atoms with van der Waals surface area (Å²) in [6.07, 6.45) is 1.66. The van der Waals surface area contributed by atoms with Crippen LogP contribution in [0.4, 0.5) is 5.69 Å². The van der Waals surface area contributed by atoms with E-state index in [0.717, 1.165) is 5.56 Å². The highest BCUT2D eigenvalue weighted by molar-refractivity contribution is 5.47. The number of rotatable bonds is 1. The zero-order valence-corrected chi connectivity index (χ0v) is 13.4. The maximum absolute atomic E-state index is 12.4. The van der Waals surface area contributed by atoms with Crippen LogP contribution >= 0.6 is 0 Å². The summed E-state index contributed by atoms with van der Waals surface area (Å²) in [4.78, 5) is 12.4. The lowest BCUT2D eigenvalue weighted by atomic mass is 9.79. The Morgan fingerprint density at radius 3 is 2.74 bits per heavy atom. The van der Waals surface area contributed by atoms with Crippen LogP contribution in [-0.2, 0) is 0 Å². The van der Waals surface area contributed by atoms with E-state index in [1.54, 1.807) is 35.0 Å². The molecule has 5 nitrogen and oxygen atoms in total. The third kappa shape index (κ3) is 2.46. The number of nitriles is 1. The van der Waals surface area contributed by atoms with Gasteiger partial charge in [-0.1, -0.05) is 6.92 Å². The van der Waals surface area contributed by atoms with Gasteiger partial charge in [0.2, 0.25) is 0 Å². The van der Waals surface area contributed by atoms with Gasteiger partial charge in [0.05, 0.1) is 17.7 Å². The normalized spacial score (nSPS) is 21.8. The van der Waals surface area contributed by atoms with Crippen LogP contribution in [-0.4, -0.2) is 10.2 Å². The molecule has 118 valence electrons. The van der Waals surface area contributed by atoms with Crippen LogP contribution in [0.3, 0.4) is 0 Å². The van der Waals surface area contributed by atoms with Crippen molar-refractivity contribution in [2.24, 2.45) is 5.92 Å². The molecule has 0 radical (unpaired) electrons. The topological polar surface area (TPSA) is 81.0 Å². The maximum atomic E-state index is 12.4. The first kappa shape index (κ1) is 15.2. The maximum Gasteiger partial charge on any atom is 0.251 e. The van der Waals surface area contributed by atoms with Crippen molar-refractivity contribution >= 4 is 5.69 Å². The van der Waals surface area contributed by atoms with Gasteiger partial charge in [0.25, 0.3) is 5.56 Å². The van der Waals surface area contributed by atoms with Crippen LogP contribution in [0.25, 0.3) is 0 Å². The van der Waals surface area contributed by atoms with Gasteiger partial charge in [-0.2, -0.15) is 5.26 Å². The van der Waals surface area contributed by atoms with Crippen molar-refractivity contribution in [2.45, 2.75) is 32.4 Å². The van der Waals surface area contributed by atoms with E-state index in [4.69, 9.17) is 10.5 Å². The van der Waals surface area contributed by atoms with Crippen molar-refractivity contribution in [3.63, 3.8) is 0 Å². The molecule has 0 amide bonds. The molecular formula is C18H19N3O2. The molecule has 2 atom stereocenters. The molecule has 2 N–H and O–H groups in total. The highest BCUT2D eigenvalue weighted by atomic mass is 16.5. The number of nitrogens with two attached hydrogens (primary N) is 1. The molecule has 1 aliphatic rings. The third-order valence-electron chi connectivity index (χ3n) is 4.66. The first-order chi connectivity index (χ1) is 10.8. The van der Waals surface area contributed by atoms with Crippen LogP contribution in [0.1, 0.15) is 37.9 Å². The van der Waals surface area contributed by atoms with Crippen molar-refractivity contribution in [3.8, 4) is 11.8 Å². The zero-order valence-electron chi connectivity index (χ0n) is 13.4. The summed E-state index contributed by atoms with van der Waals surface area (Å²) in [5, 5.41) is 9.18. The summed E-state index contributed by atoms with van der Waals surface area (Å²) in [5.74, 6) is 0.717. The molecule has 1 aliphatic heterocycles. The third-order valence-corrected chi connectivity index (χ3v) is 4.66. The van der Waals surface area contributed by atoms with Crippen LogP contribution in [0, 0.1) is 17.2 Å². The number of hydrogen-bond donors (Lipinski definition) is 1. The number of pyridine rings is 1. The Labute approximate surface area is 134 Å². The molecule has 2 heterocycles. The van der Waals surface area contributed by atoms with E-state index < -0.39 is 5.60 Å². The molecule has 0 bridgehead atoms. The van der Waals surface area contributed by atoms with Gasteiger partial charge in [-0.05, 0) is 38.1 Å². The van der Waals surface area contributed by atoms with Gasteiger partial charge in [-0.3, -0.25) is 4.79 Å². The van der Waals surface area contributed by atoms with E-state index in [-0.39, 0.29) is 17.5 Å². The molecule has 0 fully saturated rings. The van der Waals surface area contributed by atoms with Gasteiger partial charge >= 0.3 is 0 Å². The van der Waals surface area contributed by atoms with Gasteiger partial charge < -0.3 is 15.0 Å². The molecule has 23 heavy (non-hydrogen) atoms. The van der Waals surface area contributed by atoms with Gasteiger partial charge in [0.15, 0.2) is 0 Å². The van der Waals surface area contributed by atoms with Gasteiger partial charge in [0, 0.05) is 29.4 Å². The number of nitrogens with zero attached hydrogens (tertiary/aromatic N) is 2. The first-order valence-corrected chi connectivity index (χ1v) is 7.54. The summed E-state index contributed by atoms with van der Waals surface area (Å²) < 4.78 is 7.74. The Hall–Kier alpha value is -2.74. The molecule has 0 spiro atoms. The summed E-state index contributed by atoms with van der Waals surface area (Å²) in [7, 11) is 0. The number of nitrogen functional groups attached to an aromatic ring is 1. The van der Waals surface area contributed by atoms with Crippen LogP contribution in [0.2, 0.25) is 0 Å². The Bertz CT molecular complexity index is 861. The predicted octanol–water partition coefficient (Wildman–Crippen LogP) is 2.70. The van der Waals surface area contributed by atoms with E-state index >= 15 is 0 Å². The number of ether oxygens (including phenoxy) is 1. The lowest BCUT2D eigenvalue weighted by Gasteiger charge is -2.44. The number of hydrogen-bond acceptors (Lipinski definition) is 4. The summed E-state index contributed by atoms with van der Waals surface area (Å²) in [5.41, 5.74) is 7.21. The van der Waals surface area contributed by atoms with E-state index in [1.807, 2.05) is 20.8 Å². The Kier molecular flexibility index (Phi) is 3.41. The average Bonchev–Trinajstić information content (AvgIpc) is 2.51. The highest BCUT2D eigenvalue weighted by Crippen LogP contribution is 2.45. The number of benzene rings is 1. The fourth-order valence-corrected chi connectivity index (χ4v) is 3.10. The van der Waals surface area contributed by atoms with Crippen molar-refractivity contribution < 1.29 is 4.74 Å². The largest absolute Gasteiger partial charge is 0.487 e. The fourth-order valence-electron chi connectivity index (χ4n) is 3.10. The molecular weight excluding hydrogens is 290 g/mol. The molecule has 5 heteroatoms. The van der Waals surface area contributed by atoms with E-state index in [0.29, 0.717) is 17.0 Å². The minimum atomic E-state index is -0.449. The van der Waals surface area contributed by atoms with Crippen molar-refractivity contribution in [1.29, 1.82) is 5.26 Å². The van der Waals surface area contributed by atoms with Crippen molar-refractivity contribution in [2.75, 3.05) is 5.73 Å². The molecule has 3 rings (SSSR count). The quantitative estimate of drug-likeness (QED) is 0.878. The van der Waals surface area contributed by atoms with E-state index in [2.05, 4.69) is 6.07 Å². The van der Waals surface area contributed by atoms with Crippen LogP contribution in [0.5, 0.6) is 5.75 Å². The number of anilines is 1. The molecule has 1 aromatic carbocycles. The Morgan fingerprint density at radius 1 is 1.30 bits per heavy atom. The van der Waals surface area contributed by atoms with Gasteiger partial charge in [-0.15, -0.1) is 0 Å². The fraction of sp³-hybridized carbons (Fsp3) is 0.333. The number of fused-ring (bicyclic) bond motifs is 1. The number of aromatic nitrogens is 1. The molecule has 0 saturated heterocycles. The van der Waals surface area contributed by atoms with Crippen LogP contribution in [0.15, 0.2) is 41.3 Å². The Balaban J connectivity index is 2.28. The SMILES string of the molecule is CC1C(n2cc(N)ccc2=O)c2cc(C#N)ccc2OC1(C)C. The average molecular weight is 309 g/mol. The van der Waals surface area contributed by atoms with Crippen molar-refractivity contribution in [1.82, 2.24) is 4.57 Å². The molecule has 2 unspecified atom stereocenters. The highest BCUT2D eigenvalue weighted by Gasteiger charge is 2.42. The van der Waals surface area contributed by atoms with Gasteiger partial charge in [0.1, 0.15) is 11.4 Å². The van der Waals surface area contributed by atoms with Crippen molar-refractivity contribution in [3.05, 3.63) is 58.0 Å².